The van der Waals surface area contributed by atoms with Crippen LogP contribution in [0.1, 0.15) is 5.56 Å². The maximum absolute atomic E-state index is 4.47. The van der Waals surface area contributed by atoms with Crippen molar-refractivity contribution >= 4 is 21.8 Å². The minimum Gasteiger partial charge on any atom is -0.256 e. The average Bonchev–Trinajstić information content (AvgIpc) is 2.28. The number of rotatable bonds is 0. The monoisotopic (exact) mass is 194 g/mol. The van der Waals surface area contributed by atoms with Gasteiger partial charge < -0.3 is 0 Å². The third-order valence-electron chi connectivity index (χ3n) is 2.57. The van der Waals surface area contributed by atoms with Crippen molar-refractivity contribution in [2.24, 2.45) is 0 Å². The summed E-state index contributed by atoms with van der Waals surface area (Å²) in [6.45, 7) is 2.06. The summed E-state index contributed by atoms with van der Waals surface area (Å²) < 4.78 is 0. The molecule has 15 heavy (non-hydrogen) atoms. The van der Waals surface area contributed by atoms with E-state index in [0.29, 0.717) is 0 Å². The van der Waals surface area contributed by atoms with Crippen LogP contribution in [0.2, 0.25) is 0 Å². The summed E-state index contributed by atoms with van der Waals surface area (Å²) in [4.78, 5) is 8.78. The molecule has 2 aromatic heterocycles. The summed E-state index contributed by atoms with van der Waals surface area (Å²) >= 11 is 0. The second kappa shape index (κ2) is 3.02. The van der Waals surface area contributed by atoms with E-state index < -0.39 is 0 Å². The summed E-state index contributed by atoms with van der Waals surface area (Å²) in [5.41, 5.74) is 3.22. The highest BCUT2D eigenvalue weighted by molar-refractivity contribution is 6.03. The largest absolute Gasteiger partial charge is 0.256 e. The number of benzene rings is 1. The van der Waals surface area contributed by atoms with E-state index in [1.165, 1.54) is 10.9 Å². The predicted molar refractivity (Wildman–Crippen MR) is 61.8 cm³/mol. The number of aromatic nitrogens is 2. The highest BCUT2D eigenvalue weighted by Crippen LogP contribution is 2.22. The van der Waals surface area contributed by atoms with Crippen LogP contribution in [-0.4, -0.2) is 9.97 Å². The Morgan fingerprint density at radius 1 is 1.07 bits per heavy atom. The van der Waals surface area contributed by atoms with Crippen LogP contribution in [0.3, 0.4) is 0 Å². The number of hydrogen-bond donors (Lipinski definition) is 0. The van der Waals surface area contributed by atoms with Gasteiger partial charge in [-0.2, -0.15) is 0 Å². The molecular weight excluding hydrogens is 184 g/mol. The average molecular weight is 194 g/mol. The van der Waals surface area contributed by atoms with Crippen molar-refractivity contribution in [1.82, 2.24) is 9.97 Å². The number of hydrogen-bond acceptors (Lipinski definition) is 2. The minimum atomic E-state index is 1.00. The molecule has 0 saturated carbocycles. The maximum atomic E-state index is 4.47. The molecule has 0 fully saturated rings. The van der Waals surface area contributed by atoms with Crippen LogP contribution in [-0.2, 0) is 0 Å². The zero-order valence-corrected chi connectivity index (χ0v) is 8.44. The molecule has 0 saturated heterocycles. The highest BCUT2D eigenvalue weighted by Gasteiger charge is 2.01. The zero-order chi connectivity index (χ0) is 10.3. The molecule has 2 heteroatoms. The Morgan fingerprint density at radius 2 is 2.00 bits per heavy atom. The van der Waals surface area contributed by atoms with Crippen molar-refractivity contribution in [1.29, 1.82) is 0 Å². The van der Waals surface area contributed by atoms with Crippen LogP contribution >= 0.6 is 0 Å². The number of nitrogens with zero attached hydrogens (tertiary/aromatic N) is 2. The molecule has 72 valence electrons. The molecule has 0 radical (unpaired) electrons. The zero-order valence-electron chi connectivity index (χ0n) is 8.44. The van der Waals surface area contributed by atoms with Crippen molar-refractivity contribution in [2.45, 2.75) is 6.92 Å². The van der Waals surface area contributed by atoms with E-state index in [4.69, 9.17) is 0 Å². The Kier molecular flexibility index (Phi) is 1.68. The molecule has 0 bridgehead atoms. The Balaban J connectivity index is 2.55. The van der Waals surface area contributed by atoms with E-state index >= 15 is 0 Å². The van der Waals surface area contributed by atoms with Gasteiger partial charge in [-0.1, -0.05) is 6.07 Å². The molecular formula is C13H10N2. The Bertz CT molecular complexity index is 644. The number of pyridine rings is 2. The lowest BCUT2D eigenvalue weighted by molar-refractivity contribution is 1.33. The molecule has 1 aromatic carbocycles. The molecule has 0 aliphatic carbocycles. The molecule has 3 aromatic rings. The van der Waals surface area contributed by atoms with Crippen molar-refractivity contribution in [3.05, 3.63) is 48.3 Å². The van der Waals surface area contributed by atoms with Gasteiger partial charge in [0.05, 0.1) is 11.0 Å². The smallest absolute Gasteiger partial charge is 0.0796 e. The van der Waals surface area contributed by atoms with Crippen LogP contribution in [0.25, 0.3) is 21.8 Å². The van der Waals surface area contributed by atoms with Crippen molar-refractivity contribution in [3.63, 3.8) is 0 Å². The number of aryl methyl sites for hydroxylation is 1. The SMILES string of the molecule is Cc1cnc2c(ccc3ncccc32)c1. The van der Waals surface area contributed by atoms with Crippen molar-refractivity contribution in [2.75, 3.05) is 0 Å². The lowest BCUT2D eigenvalue weighted by Crippen LogP contribution is -1.84. The first-order chi connectivity index (χ1) is 7.34. The van der Waals surface area contributed by atoms with Gasteiger partial charge in [-0.05, 0) is 36.8 Å². The van der Waals surface area contributed by atoms with Gasteiger partial charge in [0.2, 0.25) is 0 Å². The first-order valence-electron chi connectivity index (χ1n) is 4.95. The second-order valence-corrected chi connectivity index (χ2v) is 3.72. The fourth-order valence-electron chi connectivity index (χ4n) is 1.86. The van der Waals surface area contributed by atoms with E-state index in [-0.39, 0.29) is 0 Å². The van der Waals surface area contributed by atoms with Gasteiger partial charge in [0.1, 0.15) is 0 Å². The van der Waals surface area contributed by atoms with Crippen LogP contribution in [0, 0.1) is 6.92 Å². The van der Waals surface area contributed by atoms with Gasteiger partial charge in [-0.3, -0.25) is 9.97 Å². The molecule has 3 rings (SSSR count). The van der Waals surface area contributed by atoms with Crippen molar-refractivity contribution in [3.8, 4) is 0 Å². The summed E-state index contributed by atoms with van der Waals surface area (Å²) in [6, 6.07) is 10.3. The van der Waals surface area contributed by atoms with Crippen LogP contribution in [0.5, 0.6) is 0 Å². The normalized spacial score (nSPS) is 11.0. The summed E-state index contributed by atoms with van der Waals surface area (Å²) in [5.74, 6) is 0. The van der Waals surface area contributed by atoms with Crippen molar-refractivity contribution < 1.29 is 0 Å². The van der Waals surface area contributed by atoms with Gasteiger partial charge in [-0.15, -0.1) is 0 Å². The molecule has 0 atom stereocenters. The molecule has 2 heterocycles. The van der Waals surface area contributed by atoms with Crippen LogP contribution < -0.4 is 0 Å². The first kappa shape index (κ1) is 8.36. The summed E-state index contributed by atoms with van der Waals surface area (Å²) in [6.07, 6.45) is 3.71. The Labute approximate surface area is 87.6 Å². The highest BCUT2D eigenvalue weighted by atomic mass is 14.7. The summed E-state index contributed by atoms with van der Waals surface area (Å²) in [7, 11) is 0. The molecule has 0 spiro atoms. The first-order valence-corrected chi connectivity index (χ1v) is 4.95. The molecule has 2 nitrogen and oxygen atoms in total. The molecule has 0 N–H and O–H groups in total. The lowest BCUT2D eigenvalue weighted by Gasteiger charge is -2.02. The molecule has 0 unspecified atom stereocenters. The fraction of sp³-hybridized carbons (Fsp3) is 0.0769. The standard InChI is InChI=1S/C13H10N2/c1-9-7-10-4-5-12-11(3-2-6-14-12)13(10)15-8-9/h2-8H,1H3. The van der Waals surface area contributed by atoms with E-state index in [9.17, 15) is 0 Å². The van der Waals surface area contributed by atoms with Crippen LogP contribution in [0.15, 0.2) is 42.7 Å². The lowest BCUT2D eigenvalue weighted by atomic mass is 10.1. The van der Waals surface area contributed by atoms with Crippen LogP contribution in [0.4, 0.5) is 0 Å². The van der Waals surface area contributed by atoms with Gasteiger partial charge >= 0.3 is 0 Å². The molecule has 0 amide bonds. The van der Waals surface area contributed by atoms with Gasteiger partial charge in [0, 0.05) is 23.2 Å². The van der Waals surface area contributed by atoms with Gasteiger partial charge in [0.15, 0.2) is 0 Å². The summed E-state index contributed by atoms with van der Waals surface area (Å²) in [5, 5.41) is 2.30. The van der Waals surface area contributed by atoms with Gasteiger partial charge in [-0.25, -0.2) is 0 Å². The Hall–Kier alpha value is -1.96. The third kappa shape index (κ3) is 1.26. The van der Waals surface area contributed by atoms with Gasteiger partial charge in [0.25, 0.3) is 0 Å². The third-order valence-corrected chi connectivity index (χ3v) is 2.57. The Morgan fingerprint density at radius 3 is 2.93 bits per heavy atom. The molecule has 0 aliphatic heterocycles. The second-order valence-electron chi connectivity index (χ2n) is 3.72. The predicted octanol–water partition coefficient (Wildman–Crippen LogP) is 3.09. The van der Waals surface area contributed by atoms with E-state index in [0.717, 1.165) is 16.4 Å². The minimum absolute atomic E-state index is 1.00. The fourth-order valence-corrected chi connectivity index (χ4v) is 1.86. The topological polar surface area (TPSA) is 25.8 Å². The van der Waals surface area contributed by atoms with E-state index in [1.807, 2.05) is 24.5 Å². The van der Waals surface area contributed by atoms with E-state index in [2.05, 4.69) is 35.1 Å². The molecule has 0 aliphatic rings. The number of fused-ring (bicyclic) bond motifs is 3. The van der Waals surface area contributed by atoms with E-state index in [1.54, 1.807) is 0 Å². The maximum Gasteiger partial charge on any atom is 0.0796 e. The quantitative estimate of drug-likeness (QED) is 0.514.